The highest BCUT2D eigenvalue weighted by atomic mass is 32.1. The van der Waals surface area contributed by atoms with Gasteiger partial charge in [-0.1, -0.05) is 26.3 Å². The van der Waals surface area contributed by atoms with Crippen LogP contribution in [0.1, 0.15) is 31.3 Å². The number of thiophene rings is 1. The number of rotatable bonds is 4. The molecule has 2 unspecified atom stereocenters. The zero-order chi connectivity index (χ0) is 11.5. The SMILES string of the molecule is CCC(C)CN1C(=O)CNC1c1cccs1. The van der Waals surface area contributed by atoms with Gasteiger partial charge in [-0.05, 0) is 17.4 Å². The molecule has 1 amide bonds. The van der Waals surface area contributed by atoms with Crippen molar-refractivity contribution in [2.45, 2.75) is 26.4 Å². The molecule has 2 atom stereocenters. The fourth-order valence-corrected chi connectivity index (χ4v) is 2.72. The molecule has 16 heavy (non-hydrogen) atoms. The van der Waals surface area contributed by atoms with Gasteiger partial charge in [0.2, 0.25) is 5.91 Å². The number of carbonyl (C=O) groups excluding carboxylic acids is 1. The zero-order valence-corrected chi connectivity index (χ0v) is 10.6. The molecular weight excluding hydrogens is 220 g/mol. The molecule has 1 aromatic heterocycles. The summed E-state index contributed by atoms with van der Waals surface area (Å²) >= 11 is 1.70. The first-order valence-corrected chi connectivity index (χ1v) is 6.66. The molecule has 2 rings (SSSR count). The van der Waals surface area contributed by atoms with Crippen LogP contribution in [0.2, 0.25) is 0 Å². The summed E-state index contributed by atoms with van der Waals surface area (Å²) in [5.41, 5.74) is 0. The molecule has 2 heterocycles. The molecule has 1 aromatic rings. The molecule has 0 aromatic carbocycles. The highest BCUT2D eigenvalue weighted by Crippen LogP contribution is 2.27. The number of hydrogen-bond acceptors (Lipinski definition) is 3. The van der Waals surface area contributed by atoms with Crippen LogP contribution in [0, 0.1) is 5.92 Å². The maximum absolute atomic E-state index is 11.8. The third kappa shape index (κ3) is 2.28. The predicted octanol–water partition coefficient (Wildman–Crippen LogP) is 2.22. The lowest BCUT2D eigenvalue weighted by Crippen LogP contribution is -2.33. The Morgan fingerprint density at radius 3 is 3.12 bits per heavy atom. The van der Waals surface area contributed by atoms with Crippen molar-refractivity contribution in [1.29, 1.82) is 0 Å². The summed E-state index contributed by atoms with van der Waals surface area (Å²) in [4.78, 5) is 15.0. The minimum Gasteiger partial charge on any atom is -0.321 e. The van der Waals surface area contributed by atoms with Gasteiger partial charge in [0.15, 0.2) is 0 Å². The van der Waals surface area contributed by atoms with Gasteiger partial charge in [0.05, 0.1) is 6.54 Å². The summed E-state index contributed by atoms with van der Waals surface area (Å²) < 4.78 is 0. The Labute approximate surface area is 100 Å². The normalized spacial score (nSPS) is 22.8. The Morgan fingerprint density at radius 1 is 1.69 bits per heavy atom. The topological polar surface area (TPSA) is 32.3 Å². The lowest BCUT2D eigenvalue weighted by Gasteiger charge is -2.26. The van der Waals surface area contributed by atoms with Crippen molar-refractivity contribution in [3.63, 3.8) is 0 Å². The maximum Gasteiger partial charge on any atom is 0.238 e. The Hall–Kier alpha value is -0.870. The van der Waals surface area contributed by atoms with E-state index in [1.54, 1.807) is 11.3 Å². The van der Waals surface area contributed by atoms with Crippen LogP contribution in [0.25, 0.3) is 0 Å². The van der Waals surface area contributed by atoms with E-state index < -0.39 is 0 Å². The van der Waals surface area contributed by atoms with Gasteiger partial charge in [-0.15, -0.1) is 11.3 Å². The molecule has 1 aliphatic heterocycles. The highest BCUT2D eigenvalue weighted by molar-refractivity contribution is 7.10. The van der Waals surface area contributed by atoms with Gasteiger partial charge in [-0.3, -0.25) is 10.1 Å². The number of carbonyl (C=O) groups is 1. The average molecular weight is 238 g/mol. The number of hydrogen-bond donors (Lipinski definition) is 1. The second-order valence-electron chi connectivity index (χ2n) is 4.36. The molecule has 0 saturated carbocycles. The van der Waals surface area contributed by atoms with Crippen LogP contribution in [0.15, 0.2) is 17.5 Å². The fourth-order valence-electron chi connectivity index (χ4n) is 1.91. The van der Waals surface area contributed by atoms with E-state index in [-0.39, 0.29) is 12.1 Å². The monoisotopic (exact) mass is 238 g/mol. The van der Waals surface area contributed by atoms with Gasteiger partial charge in [-0.2, -0.15) is 0 Å². The summed E-state index contributed by atoms with van der Waals surface area (Å²) in [6.07, 6.45) is 1.21. The van der Waals surface area contributed by atoms with E-state index in [0.29, 0.717) is 12.5 Å². The van der Waals surface area contributed by atoms with Crippen molar-refractivity contribution in [2.75, 3.05) is 13.1 Å². The van der Waals surface area contributed by atoms with Gasteiger partial charge in [0.25, 0.3) is 0 Å². The van der Waals surface area contributed by atoms with E-state index in [2.05, 4.69) is 30.6 Å². The van der Waals surface area contributed by atoms with Crippen molar-refractivity contribution in [3.8, 4) is 0 Å². The number of amides is 1. The molecule has 0 spiro atoms. The Kier molecular flexibility index (Phi) is 3.61. The quantitative estimate of drug-likeness (QED) is 0.872. The summed E-state index contributed by atoms with van der Waals surface area (Å²) in [7, 11) is 0. The van der Waals surface area contributed by atoms with E-state index in [1.165, 1.54) is 4.88 Å². The predicted molar refractivity (Wildman–Crippen MR) is 66.2 cm³/mol. The second-order valence-corrected chi connectivity index (χ2v) is 5.34. The second kappa shape index (κ2) is 4.97. The van der Waals surface area contributed by atoms with Crippen molar-refractivity contribution in [2.24, 2.45) is 5.92 Å². The van der Waals surface area contributed by atoms with Crippen molar-refractivity contribution < 1.29 is 4.79 Å². The van der Waals surface area contributed by atoms with Gasteiger partial charge in [-0.25, -0.2) is 0 Å². The smallest absolute Gasteiger partial charge is 0.238 e. The molecule has 1 N–H and O–H groups in total. The van der Waals surface area contributed by atoms with Gasteiger partial charge >= 0.3 is 0 Å². The van der Waals surface area contributed by atoms with E-state index in [1.807, 2.05) is 11.0 Å². The third-order valence-corrected chi connectivity index (χ3v) is 4.02. The molecule has 1 fully saturated rings. The summed E-state index contributed by atoms with van der Waals surface area (Å²) in [5.74, 6) is 0.782. The van der Waals surface area contributed by atoms with E-state index in [9.17, 15) is 4.79 Å². The molecular formula is C12H18N2OS. The van der Waals surface area contributed by atoms with Crippen LogP contribution in [0.4, 0.5) is 0 Å². The van der Waals surface area contributed by atoms with E-state index in [0.717, 1.165) is 13.0 Å². The largest absolute Gasteiger partial charge is 0.321 e. The number of nitrogens with zero attached hydrogens (tertiary/aromatic N) is 1. The fraction of sp³-hybridized carbons (Fsp3) is 0.583. The maximum atomic E-state index is 11.8. The summed E-state index contributed by atoms with van der Waals surface area (Å²) in [5, 5.41) is 5.33. The van der Waals surface area contributed by atoms with Crippen LogP contribution >= 0.6 is 11.3 Å². The Bertz CT molecular complexity index is 350. The van der Waals surface area contributed by atoms with Crippen LogP contribution in [0.5, 0.6) is 0 Å². The van der Waals surface area contributed by atoms with Crippen molar-refractivity contribution in [1.82, 2.24) is 10.2 Å². The summed E-state index contributed by atoms with van der Waals surface area (Å²) in [6, 6.07) is 4.12. The van der Waals surface area contributed by atoms with E-state index in [4.69, 9.17) is 0 Å². The molecule has 1 saturated heterocycles. The van der Waals surface area contributed by atoms with E-state index >= 15 is 0 Å². The van der Waals surface area contributed by atoms with Crippen LogP contribution in [-0.4, -0.2) is 23.9 Å². The molecule has 0 radical (unpaired) electrons. The Morgan fingerprint density at radius 2 is 2.50 bits per heavy atom. The minimum atomic E-state index is 0.0986. The lowest BCUT2D eigenvalue weighted by atomic mass is 10.1. The van der Waals surface area contributed by atoms with Gasteiger partial charge in [0, 0.05) is 11.4 Å². The average Bonchev–Trinajstić information content (AvgIpc) is 2.89. The first kappa shape index (κ1) is 11.6. The van der Waals surface area contributed by atoms with Gasteiger partial charge < -0.3 is 4.90 Å². The molecule has 0 aliphatic carbocycles. The molecule has 3 nitrogen and oxygen atoms in total. The minimum absolute atomic E-state index is 0.0986. The first-order valence-electron chi connectivity index (χ1n) is 5.78. The highest BCUT2D eigenvalue weighted by Gasteiger charge is 2.32. The standard InChI is InChI=1S/C12H18N2OS/c1-3-9(2)8-14-11(15)7-13-12(14)10-5-4-6-16-10/h4-6,9,12-13H,3,7-8H2,1-2H3. The van der Waals surface area contributed by atoms with Crippen LogP contribution in [0.3, 0.4) is 0 Å². The molecule has 0 bridgehead atoms. The lowest BCUT2D eigenvalue weighted by molar-refractivity contribution is -0.128. The number of nitrogens with one attached hydrogen (secondary N) is 1. The first-order chi connectivity index (χ1) is 7.72. The van der Waals surface area contributed by atoms with Crippen molar-refractivity contribution >= 4 is 17.2 Å². The van der Waals surface area contributed by atoms with Crippen LogP contribution in [-0.2, 0) is 4.79 Å². The van der Waals surface area contributed by atoms with Gasteiger partial charge in [0.1, 0.15) is 6.17 Å². The molecule has 4 heteroatoms. The van der Waals surface area contributed by atoms with Crippen LogP contribution < -0.4 is 5.32 Å². The summed E-state index contributed by atoms with van der Waals surface area (Å²) in [6.45, 7) is 5.68. The molecule has 1 aliphatic rings. The third-order valence-electron chi connectivity index (χ3n) is 3.10. The zero-order valence-electron chi connectivity index (χ0n) is 9.77. The molecule has 88 valence electrons. The van der Waals surface area contributed by atoms with Crippen molar-refractivity contribution in [3.05, 3.63) is 22.4 Å². The Balaban J connectivity index is 2.10.